The maximum Gasteiger partial charge on any atom is 0.244 e. The minimum Gasteiger partial charge on any atom is -0.352 e. The molecule has 4 aromatic rings. The zero-order valence-corrected chi connectivity index (χ0v) is 22.4. The van der Waals surface area contributed by atoms with Crippen LogP contribution in [-0.2, 0) is 4.79 Å². The first-order chi connectivity index (χ1) is 17.4. The van der Waals surface area contributed by atoms with E-state index in [1.165, 1.54) is 0 Å². The molecule has 2 aromatic heterocycles. The van der Waals surface area contributed by atoms with E-state index < -0.39 is 0 Å². The Balaban J connectivity index is 1.55. The Bertz CT molecular complexity index is 1410. The molecule has 1 fully saturated rings. The van der Waals surface area contributed by atoms with Gasteiger partial charge < -0.3 is 20.1 Å². The summed E-state index contributed by atoms with van der Waals surface area (Å²) in [6, 6.07) is 25.3. The molecule has 2 aromatic carbocycles. The van der Waals surface area contributed by atoms with Crippen LogP contribution in [0.3, 0.4) is 0 Å². The fourth-order valence-corrected chi connectivity index (χ4v) is 5.65. The smallest absolute Gasteiger partial charge is 0.244 e. The van der Waals surface area contributed by atoms with Crippen LogP contribution >= 0.6 is 28.1 Å². The topological polar surface area (TPSA) is 62.2 Å². The zero-order chi connectivity index (χ0) is 25.2. The number of aryl methyl sites for hydroxylation is 1. The lowest BCUT2D eigenvalue weighted by Gasteiger charge is -2.27. The van der Waals surface area contributed by atoms with Crippen LogP contribution in [0.25, 0.3) is 5.69 Å². The zero-order valence-electron chi connectivity index (χ0n) is 20.0. The summed E-state index contributed by atoms with van der Waals surface area (Å²) >= 11 is 9.47. The molecule has 0 radical (unpaired) electrons. The minimum atomic E-state index is -0.212. The number of rotatable bonds is 6. The SMILES string of the molecule is Cc1cc([C@H]2[C@@H](c3ccccn3)NC(=S)N2CC(=O)Nc2ccccc2)c(C)n1-c1ccccc1Br. The molecule has 3 heterocycles. The monoisotopic (exact) mass is 559 g/mol. The van der Waals surface area contributed by atoms with Crippen molar-refractivity contribution in [2.24, 2.45) is 0 Å². The van der Waals surface area contributed by atoms with Gasteiger partial charge >= 0.3 is 0 Å². The Morgan fingerprint density at radius 3 is 2.50 bits per heavy atom. The van der Waals surface area contributed by atoms with Crippen LogP contribution in [0, 0.1) is 13.8 Å². The molecule has 0 saturated carbocycles. The lowest BCUT2D eigenvalue weighted by atomic mass is 9.96. The molecule has 8 heteroatoms. The summed E-state index contributed by atoms with van der Waals surface area (Å²) in [5.74, 6) is -0.128. The van der Waals surface area contributed by atoms with Crippen molar-refractivity contribution in [1.82, 2.24) is 19.8 Å². The molecule has 1 aliphatic heterocycles. The van der Waals surface area contributed by atoms with Crippen molar-refractivity contribution in [3.8, 4) is 5.69 Å². The van der Waals surface area contributed by atoms with Crippen molar-refractivity contribution < 1.29 is 4.79 Å². The first-order valence-electron chi connectivity index (χ1n) is 11.7. The summed E-state index contributed by atoms with van der Waals surface area (Å²) in [7, 11) is 0. The predicted octanol–water partition coefficient (Wildman–Crippen LogP) is 5.86. The van der Waals surface area contributed by atoms with Crippen molar-refractivity contribution >= 4 is 44.9 Å². The second kappa shape index (κ2) is 10.2. The summed E-state index contributed by atoms with van der Waals surface area (Å²) in [5, 5.41) is 6.96. The summed E-state index contributed by atoms with van der Waals surface area (Å²) in [5.41, 5.74) is 5.98. The lowest BCUT2D eigenvalue weighted by molar-refractivity contribution is -0.116. The van der Waals surface area contributed by atoms with E-state index in [2.05, 4.69) is 62.1 Å². The molecular formula is C28H26BrN5OS. The van der Waals surface area contributed by atoms with Gasteiger partial charge in [0, 0.05) is 27.7 Å². The molecule has 1 saturated heterocycles. The number of hydrogen-bond donors (Lipinski definition) is 2. The van der Waals surface area contributed by atoms with E-state index in [-0.39, 0.29) is 24.5 Å². The Morgan fingerprint density at radius 1 is 1.06 bits per heavy atom. The lowest BCUT2D eigenvalue weighted by Crippen LogP contribution is -2.37. The molecular weight excluding hydrogens is 534 g/mol. The fourth-order valence-electron chi connectivity index (χ4n) is 4.88. The van der Waals surface area contributed by atoms with E-state index in [0.717, 1.165) is 38.5 Å². The van der Waals surface area contributed by atoms with Gasteiger partial charge in [-0.1, -0.05) is 36.4 Å². The van der Waals surface area contributed by atoms with Gasteiger partial charge in [-0.2, -0.15) is 0 Å². The molecule has 2 atom stereocenters. The number of thiocarbonyl (C=S) groups is 1. The first kappa shape index (κ1) is 24.2. The number of pyridine rings is 1. The van der Waals surface area contributed by atoms with E-state index in [9.17, 15) is 4.79 Å². The molecule has 0 bridgehead atoms. The molecule has 0 aliphatic carbocycles. The quantitative estimate of drug-likeness (QED) is 0.289. The number of aromatic nitrogens is 2. The molecule has 0 spiro atoms. The summed E-state index contributed by atoms with van der Waals surface area (Å²) in [4.78, 5) is 19.7. The van der Waals surface area contributed by atoms with Crippen molar-refractivity contribution in [1.29, 1.82) is 0 Å². The number of nitrogens with zero attached hydrogens (tertiary/aromatic N) is 3. The van der Waals surface area contributed by atoms with Crippen LogP contribution in [0.4, 0.5) is 5.69 Å². The number of carbonyl (C=O) groups excluding carboxylic acids is 1. The number of anilines is 1. The van der Waals surface area contributed by atoms with Crippen molar-refractivity contribution in [3.05, 3.63) is 112 Å². The molecule has 5 rings (SSSR count). The number of nitrogens with one attached hydrogen (secondary N) is 2. The van der Waals surface area contributed by atoms with Crippen LogP contribution in [0.15, 0.2) is 89.5 Å². The Labute approximate surface area is 224 Å². The van der Waals surface area contributed by atoms with Gasteiger partial charge in [0.1, 0.15) is 6.54 Å². The van der Waals surface area contributed by atoms with Crippen LogP contribution in [0.2, 0.25) is 0 Å². The van der Waals surface area contributed by atoms with E-state index in [4.69, 9.17) is 12.2 Å². The maximum atomic E-state index is 13.1. The third-order valence-corrected chi connectivity index (χ3v) is 7.47. The van der Waals surface area contributed by atoms with Gasteiger partial charge in [0.05, 0.1) is 23.5 Å². The van der Waals surface area contributed by atoms with Gasteiger partial charge in [-0.3, -0.25) is 9.78 Å². The number of para-hydroxylation sites is 2. The Hall–Kier alpha value is -3.49. The third kappa shape index (κ3) is 4.66. The minimum absolute atomic E-state index is 0.118. The average molecular weight is 561 g/mol. The van der Waals surface area contributed by atoms with Gasteiger partial charge in [0.15, 0.2) is 5.11 Å². The van der Waals surface area contributed by atoms with E-state index in [0.29, 0.717) is 5.11 Å². The van der Waals surface area contributed by atoms with Gasteiger partial charge in [0.25, 0.3) is 0 Å². The molecule has 1 amide bonds. The van der Waals surface area contributed by atoms with Gasteiger partial charge in [-0.05, 0) is 90.0 Å². The van der Waals surface area contributed by atoms with Crippen molar-refractivity contribution in [2.45, 2.75) is 25.9 Å². The number of benzene rings is 2. The highest BCUT2D eigenvalue weighted by molar-refractivity contribution is 9.10. The molecule has 0 unspecified atom stereocenters. The second-order valence-electron chi connectivity index (χ2n) is 8.78. The number of hydrogen-bond acceptors (Lipinski definition) is 3. The van der Waals surface area contributed by atoms with Crippen LogP contribution < -0.4 is 10.6 Å². The normalized spacial score (nSPS) is 17.2. The average Bonchev–Trinajstić information content (AvgIpc) is 3.35. The predicted molar refractivity (Wildman–Crippen MR) is 150 cm³/mol. The second-order valence-corrected chi connectivity index (χ2v) is 10.0. The van der Waals surface area contributed by atoms with Crippen molar-refractivity contribution in [3.63, 3.8) is 0 Å². The van der Waals surface area contributed by atoms with E-state index >= 15 is 0 Å². The Morgan fingerprint density at radius 2 is 1.78 bits per heavy atom. The number of halogens is 1. The van der Waals surface area contributed by atoms with Gasteiger partial charge in [-0.25, -0.2) is 0 Å². The number of amides is 1. The molecule has 2 N–H and O–H groups in total. The Kier molecular flexibility index (Phi) is 6.89. The summed E-state index contributed by atoms with van der Waals surface area (Å²) in [6.45, 7) is 4.33. The summed E-state index contributed by atoms with van der Waals surface area (Å²) in [6.07, 6.45) is 1.78. The number of carbonyl (C=O) groups is 1. The van der Waals surface area contributed by atoms with Gasteiger partial charge in [0.2, 0.25) is 5.91 Å². The molecule has 1 aliphatic rings. The molecule has 36 heavy (non-hydrogen) atoms. The highest BCUT2D eigenvalue weighted by Gasteiger charge is 2.42. The van der Waals surface area contributed by atoms with E-state index in [1.807, 2.05) is 71.6 Å². The van der Waals surface area contributed by atoms with E-state index in [1.54, 1.807) is 6.20 Å². The first-order valence-corrected chi connectivity index (χ1v) is 12.9. The summed E-state index contributed by atoms with van der Waals surface area (Å²) < 4.78 is 3.25. The van der Waals surface area contributed by atoms with Crippen LogP contribution in [-0.4, -0.2) is 32.0 Å². The highest BCUT2D eigenvalue weighted by Crippen LogP contribution is 2.41. The fraction of sp³-hybridized carbons (Fsp3) is 0.179. The molecule has 6 nitrogen and oxygen atoms in total. The standard InChI is InChI=1S/C28H26BrN5OS/c1-18-16-21(19(2)34(18)24-14-7-6-12-22(24)29)27-26(23-13-8-9-15-30-23)32-28(36)33(27)17-25(35)31-20-10-4-3-5-11-20/h3-16,26-27H,17H2,1-2H3,(H,31,35)(H,32,36)/t26-,27+/m1/s1. The third-order valence-electron chi connectivity index (χ3n) is 6.45. The van der Waals surface area contributed by atoms with Crippen LogP contribution in [0.1, 0.15) is 34.7 Å². The van der Waals surface area contributed by atoms with Crippen LogP contribution in [0.5, 0.6) is 0 Å². The molecule has 182 valence electrons. The van der Waals surface area contributed by atoms with Crippen molar-refractivity contribution in [2.75, 3.05) is 11.9 Å². The highest BCUT2D eigenvalue weighted by atomic mass is 79.9. The van der Waals surface area contributed by atoms with Gasteiger partial charge in [-0.15, -0.1) is 0 Å². The maximum absolute atomic E-state index is 13.1. The largest absolute Gasteiger partial charge is 0.352 e.